The fraction of sp³-hybridized carbons (Fsp3) is 1.00. The van der Waals surface area contributed by atoms with Crippen LogP contribution in [0.5, 0.6) is 0 Å². The third kappa shape index (κ3) is 2.95. The fourth-order valence-corrected chi connectivity index (χ4v) is 8.05. The van der Waals surface area contributed by atoms with Crippen LogP contribution in [-0.2, 0) is 9.47 Å². The second-order valence-corrected chi connectivity index (χ2v) is 9.93. The molecule has 0 amide bonds. The molecule has 1 N–H and O–H groups in total. The number of hydrogen-bond donors (Lipinski definition) is 1. The molecule has 5 fully saturated rings. The molecule has 3 nitrogen and oxygen atoms in total. The van der Waals surface area contributed by atoms with Gasteiger partial charge < -0.3 is 14.6 Å². The molecule has 25 heavy (non-hydrogen) atoms. The Balaban J connectivity index is 0.00000157. The molecule has 1 aliphatic heterocycles. The molecule has 0 aromatic heterocycles. The third-order valence-corrected chi connectivity index (χ3v) is 9.18. The van der Waals surface area contributed by atoms with Crippen molar-refractivity contribution in [3.05, 3.63) is 0 Å². The van der Waals surface area contributed by atoms with Crippen LogP contribution in [0.3, 0.4) is 0 Å². The summed E-state index contributed by atoms with van der Waals surface area (Å²) in [5, 5.41) is 10.9. The van der Waals surface area contributed by atoms with Gasteiger partial charge in [-0.25, -0.2) is 0 Å². The third-order valence-electron chi connectivity index (χ3n) is 9.18. The first kappa shape index (κ1) is 19.6. The van der Waals surface area contributed by atoms with E-state index in [9.17, 15) is 5.11 Å². The van der Waals surface area contributed by atoms with E-state index in [2.05, 4.69) is 13.8 Å². The van der Waals surface area contributed by atoms with Gasteiger partial charge in [-0.3, -0.25) is 0 Å². The predicted molar refractivity (Wildman–Crippen MR) is 92.2 cm³/mol. The second kappa shape index (κ2) is 6.98. The fourth-order valence-electron chi connectivity index (χ4n) is 8.05. The molecule has 5 rings (SSSR count). The molecule has 4 bridgehead atoms. The molecule has 0 aromatic carbocycles. The average Bonchev–Trinajstić information content (AvgIpc) is 3.33. The standard InChI is InChI=1S/C21H34O3.Ac/c1-11-12(2)15-10-14(11)19-13-8-16(17(9-13)20(15)19)18(22)4-5-21(3)23-6-7-24-21;/h11-20,22H,4-10H2,1-3H3;. The van der Waals surface area contributed by atoms with Gasteiger partial charge in [0.1, 0.15) is 0 Å². The van der Waals surface area contributed by atoms with Gasteiger partial charge in [0.15, 0.2) is 5.79 Å². The van der Waals surface area contributed by atoms with E-state index < -0.39 is 5.79 Å². The zero-order valence-corrected chi connectivity index (χ0v) is 20.8. The summed E-state index contributed by atoms with van der Waals surface area (Å²) in [7, 11) is 0. The van der Waals surface area contributed by atoms with Crippen LogP contribution in [0.1, 0.15) is 52.9 Å². The Morgan fingerprint density at radius 3 is 2.28 bits per heavy atom. The van der Waals surface area contributed by atoms with E-state index in [-0.39, 0.29) is 50.2 Å². The van der Waals surface area contributed by atoms with Gasteiger partial charge in [0.05, 0.1) is 19.3 Å². The monoisotopic (exact) mass is 561 g/mol. The van der Waals surface area contributed by atoms with Crippen molar-refractivity contribution in [3.8, 4) is 0 Å². The van der Waals surface area contributed by atoms with Crippen molar-refractivity contribution in [1.82, 2.24) is 0 Å². The molecule has 1 heterocycles. The number of aliphatic hydroxyl groups excluding tert-OH is 1. The van der Waals surface area contributed by atoms with Crippen molar-refractivity contribution in [1.29, 1.82) is 0 Å². The molecule has 0 spiro atoms. The Labute approximate surface area is 188 Å². The van der Waals surface area contributed by atoms with Gasteiger partial charge in [-0.1, -0.05) is 13.8 Å². The largest absolute Gasteiger partial charge is 0.393 e. The van der Waals surface area contributed by atoms with Crippen LogP contribution < -0.4 is 0 Å². The van der Waals surface area contributed by atoms with Gasteiger partial charge in [-0.2, -0.15) is 0 Å². The molecule has 1 saturated heterocycles. The van der Waals surface area contributed by atoms with Crippen LogP contribution in [0.2, 0.25) is 0 Å². The minimum Gasteiger partial charge on any atom is -0.393 e. The summed E-state index contributed by atoms with van der Waals surface area (Å²) in [5.41, 5.74) is 0. The van der Waals surface area contributed by atoms with Crippen LogP contribution in [0.25, 0.3) is 0 Å². The number of hydrogen-bond acceptors (Lipinski definition) is 3. The minimum atomic E-state index is -0.447. The van der Waals surface area contributed by atoms with Gasteiger partial charge >= 0.3 is 0 Å². The summed E-state index contributed by atoms with van der Waals surface area (Å²) in [5.74, 6) is 7.57. The first-order valence-corrected chi connectivity index (χ1v) is 10.4. The van der Waals surface area contributed by atoms with Crippen LogP contribution in [-0.4, -0.2) is 30.2 Å². The number of aliphatic hydroxyl groups is 1. The Bertz CT molecular complexity index is 505. The van der Waals surface area contributed by atoms with Crippen molar-refractivity contribution >= 4 is 0 Å². The Morgan fingerprint density at radius 1 is 0.960 bits per heavy atom. The van der Waals surface area contributed by atoms with E-state index in [4.69, 9.17) is 9.47 Å². The zero-order chi connectivity index (χ0) is 16.6. The maximum atomic E-state index is 10.9. The smallest absolute Gasteiger partial charge is 0.165 e. The zero-order valence-electron chi connectivity index (χ0n) is 16.1. The van der Waals surface area contributed by atoms with Crippen molar-refractivity contribution in [2.75, 3.05) is 13.2 Å². The van der Waals surface area contributed by atoms with E-state index >= 15 is 0 Å². The molecule has 4 saturated carbocycles. The van der Waals surface area contributed by atoms with Gasteiger partial charge in [0.2, 0.25) is 0 Å². The molecule has 0 aromatic rings. The number of fused-ring (bicyclic) bond motifs is 9. The molecular formula is C21H34AcO3. The van der Waals surface area contributed by atoms with E-state index in [1.807, 2.05) is 6.92 Å². The summed E-state index contributed by atoms with van der Waals surface area (Å²) in [4.78, 5) is 0. The summed E-state index contributed by atoms with van der Waals surface area (Å²) in [6.07, 6.45) is 5.70. The molecular weight excluding hydrogens is 527 g/mol. The average molecular weight is 562 g/mol. The van der Waals surface area contributed by atoms with E-state index in [0.29, 0.717) is 19.1 Å². The molecule has 1 radical (unpaired) electrons. The molecule has 10 unspecified atom stereocenters. The molecule has 4 aliphatic carbocycles. The second-order valence-electron chi connectivity index (χ2n) is 9.93. The molecule has 10 atom stereocenters. The van der Waals surface area contributed by atoms with Crippen molar-refractivity contribution in [2.45, 2.75) is 64.8 Å². The van der Waals surface area contributed by atoms with E-state index in [1.54, 1.807) is 0 Å². The van der Waals surface area contributed by atoms with Crippen LogP contribution in [0.4, 0.5) is 0 Å². The van der Waals surface area contributed by atoms with E-state index in [0.717, 1.165) is 60.2 Å². The summed E-state index contributed by atoms with van der Waals surface area (Å²) >= 11 is 0. The van der Waals surface area contributed by atoms with Gasteiger partial charge in [0.25, 0.3) is 0 Å². The van der Waals surface area contributed by atoms with Crippen molar-refractivity contribution in [3.63, 3.8) is 0 Å². The molecule has 139 valence electrons. The van der Waals surface area contributed by atoms with Gasteiger partial charge in [-0.15, -0.1) is 0 Å². The quantitative estimate of drug-likeness (QED) is 0.533. The number of ether oxygens (including phenoxy) is 2. The van der Waals surface area contributed by atoms with Crippen LogP contribution in [0.15, 0.2) is 0 Å². The van der Waals surface area contributed by atoms with Crippen molar-refractivity contribution < 1.29 is 58.6 Å². The number of rotatable bonds is 4. The SMILES string of the molecule is CC1C(C)C2CC1C1C3CC(C(O)CCC4(C)OCCO4)C(C3)C21.[Ac]. The predicted octanol–water partition coefficient (Wildman–Crippen LogP) is 3.70. The minimum absolute atomic E-state index is 0. The summed E-state index contributed by atoms with van der Waals surface area (Å²) in [6, 6.07) is 0. The Morgan fingerprint density at radius 2 is 1.60 bits per heavy atom. The summed E-state index contributed by atoms with van der Waals surface area (Å²) in [6.45, 7) is 8.43. The van der Waals surface area contributed by atoms with Crippen LogP contribution in [0, 0.1) is 97.3 Å². The first-order chi connectivity index (χ1) is 11.5. The Hall–Kier alpha value is 1.32. The molecule has 5 aliphatic rings. The van der Waals surface area contributed by atoms with E-state index in [1.165, 1.54) is 19.3 Å². The topological polar surface area (TPSA) is 38.7 Å². The van der Waals surface area contributed by atoms with Crippen LogP contribution >= 0.6 is 0 Å². The van der Waals surface area contributed by atoms with Gasteiger partial charge in [-0.05, 0) is 85.9 Å². The maximum absolute atomic E-state index is 10.9. The molecule has 4 heteroatoms. The Kier molecular flexibility index (Phi) is 5.48. The summed E-state index contributed by atoms with van der Waals surface area (Å²) < 4.78 is 11.4. The van der Waals surface area contributed by atoms with Crippen molar-refractivity contribution in [2.24, 2.45) is 53.3 Å². The normalized spacial score (nSPS) is 53.0. The van der Waals surface area contributed by atoms with Gasteiger partial charge in [0, 0.05) is 50.5 Å². The maximum Gasteiger partial charge on any atom is 0.165 e. The first-order valence-electron chi connectivity index (χ1n) is 10.4.